The molecule has 50 heavy (non-hydrogen) atoms. The van der Waals surface area contributed by atoms with Crippen LogP contribution in [0, 0.1) is 0 Å². The average Bonchev–Trinajstić information content (AvgIpc) is 3.10. The van der Waals surface area contributed by atoms with Crippen LogP contribution in [0.25, 0.3) is 0 Å². The minimum Gasteiger partial charge on any atom is -0.481 e. The standard InChI is InChI=1S/2C22H44O3/c2*23-21-19-17-15-13-11-9-7-5-3-1-2-4-6-8-10-12-14-16-18-20-22(24)25/h2*23H,1-21H2,(H,24,25). The number of hydrogen-bond acceptors (Lipinski definition) is 4. The van der Waals surface area contributed by atoms with Crippen molar-refractivity contribution in [3.63, 3.8) is 0 Å². The third kappa shape index (κ3) is 53.6. The molecule has 6 heteroatoms. The summed E-state index contributed by atoms with van der Waals surface area (Å²) in [6.45, 7) is 0.712. The summed E-state index contributed by atoms with van der Waals surface area (Å²) < 4.78 is 0. The monoisotopic (exact) mass is 713 g/mol. The normalized spacial score (nSPS) is 11.1. The van der Waals surface area contributed by atoms with E-state index in [9.17, 15) is 9.59 Å². The quantitative estimate of drug-likeness (QED) is 0.0468. The maximum absolute atomic E-state index is 10.4. The molecule has 0 heterocycles. The summed E-state index contributed by atoms with van der Waals surface area (Å²) in [7, 11) is 0. The van der Waals surface area contributed by atoms with Crippen LogP contribution < -0.4 is 0 Å². The molecule has 0 aromatic rings. The molecule has 0 bridgehead atoms. The molecule has 0 atom stereocenters. The molecule has 4 N–H and O–H groups in total. The maximum atomic E-state index is 10.4. The van der Waals surface area contributed by atoms with Gasteiger partial charge in [0.2, 0.25) is 0 Å². The lowest BCUT2D eigenvalue weighted by Gasteiger charge is -2.04. The largest absolute Gasteiger partial charge is 0.481 e. The zero-order valence-electron chi connectivity index (χ0n) is 33.3. The SMILES string of the molecule is O=C(O)CCCCCCCCCCCCCCCCCCCCCO.O=C(O)CCCCCCCCCCCCCCCCCCCCCO. The molecule has 0 aromatic heterocycles. The molecular formula is C44H88O6. The van der Waals surface area contributed by atoms with Crippen molar-refractivity contribution >= 4 is 11.9 Å². The zero-order chi connectivity index (χ0) is 36.9. The number of hydrogen-bond donors (Lipinski definition) is 4. The Balaban J connectivity index is 0. The van der Waals surface area contributed by atoms with Crippen LogP contribution in [0.15, 0.2) is 0 Å². The van der Waals surface area contributed by atoms with E-state index >= 15 is 0 Å². The first-order valence-electron chi connectivity index (χ1n) is 22.2. The van der Waals surface area contributed by atoms with Gasteiger partial charge < -0.3 is 20.4 Å². The van der Waals surface area contributed by atoms with Crippen molar-refractivity contribution in [1.82, 2.24) is 0 Å². The van der Waals surface area contributed by atoms with Crippen LogP contribution in [0.5, 0.6) is 0 Å². The highest BCUT2D eigenvalue weighted by Gasteiger charge is 1.99. The molecule has 0 aromatic carbocycles. The molecule has 0 spiro atoms. The first-order valence-corrected chi connectivity index (χ1v) is 22.2. The van der Waals surface area contributed by atoms with Crippen LogP contribution in [-0.4, -0.2) is 45.6 Å². The Morgan fingerprint density at radius 2 is 0.340 bits per heavy atom. The Kier molecular flexibility index (Phi) is 48.8. The Morgan fingerprint density at radius 3 is 0.460 bits per heavy atom. The van der Waals surface area contributed by atoms with Crippen molar-refractivity contribution in [2.75, 3.05) is 13.2 Å². The Bertz CT molecular complexity index is 586. The summed E-state index contributed by atoms with van der Waals surface area (Å²) in [4.78, 5) is 20.8. The van der Waals surface area contributed by atoms with Crippen molar-refractivity contribution in [3.8, 4) is 0 Å². The molecule has 0 saturated carbocycles. The van der Waals surface area contributed by atoms with Crippen molar-refractivity contribution in [2.45, 2.75) is 257 Å². The smallest absolute Gasteiger partial charge is 0.303 e. The van der Waals surface area contributed by atoms with Crippen LogP contribution in [0.2, 0.25) is 0 Å². The molecule has 0 amide bonds. The molecule has 0 aliphatic carbocycles. The van der Waals surface area contributed by atoms with E-state index in [1.165, 1.54) is 205 Å². The lowest BCUT2D eigenvalue weighted by molar-refractivity contribution is -0.138. The molecular weight excluding hydrogens is 624 g/mol. The highest BCUT2D eigenvalue weighted by molar-refractivity contribution is 5.66. The molecule has 0 saturated heterocycles. The van der Waals surface area contributed by atoms with Crippen LogP contribution >= 0.6 is 0 Å². The van der Waals surface area contributed by atoms with Gasteiger partial charge in [0.05, 0.1) is 0 Å². The van der Waals surface area contributed by atoms with E-state index in [-0.39, 0.29) is 0 Å². The molecule has 0 aliphatic rings. The summed E-state index contributed by atoms with van der Waals surface area (Å²) >= 11 is 0. The predicted octanol–water partition coefficient (Wildman–Crippen LogP) is 13.7. The molecule has 0 radical (unpaired) electrons. The summed E-state index contributed by atoms with van der Waals surface area (Å²) in [6.07, 6.45) is 49.6. The maximum Gasteiger partial charge on any atom is 0.303 e. The third-order valence-corrected chi connectivity index (χ3v) is 10.1. The van der Waals surface area contributed by atoms with Crippen LogP contribution in [0.4, 0.5) is 0 Å². The molecule has 0 aliphatic heterocycles. The number of aliphatic carboxylic acids is 2. The van der Waals surface area contributed by atoms with Gasteiger partial charge in [0.1, 0.15) is 0 Å². The lowest BCUT2D eigenvalue weighted by Crippen LogP contribution is -1.93. The fraction of sp³-hybridized carbons (Fsp3) is 0.955. The van der Waals surface area contributed by atoms with Gasteiger partial charge in [-0.25, -0.2) is 0 Å². The lowest BCUT2D eigenvalue weighted by atomic mass is 10.0. The summed E-state index contributed by atoms with van der Waals surface area (Å²) in [5.74, 6) is -1.32. The van der Waals surface area contributed by atoms with E-state index < -0.39 is 11.9 Å². The Morgan fingerprint density at radius 1 is 0.220 bits per heavy atom. The van der Waals surface area contributed by atoms with E-state index in [1.54, 1.807) is 0 Å². The van der Waals surface area contributed by atoms with Crippen molar-refractivity contribution in [2.24, 2.45) is 0 Å². The van der Waals surface area contributed by atoms with Gasteiger partial charge in [0.15, 0.2) is 0 Å². The topological polar surface area (TPSA) is 115 Å². The molecule has 0 fully saturated rings. The van der Waals surface area contributed by atoms with Crippen LogP contribution in [0.3, 0.4) is 0 Å². The summed E-state index contributed by atoms with van der Waals surface area (Å²) in [5, 5.41) is 34.5. The number of unbranched alkanes of at least 4 members (excludes halogenated alkanes) is 36. The number of carbonyl (C=O) groups is 2. The highest BCUT2D eigenvalue weighted by Crippen LogP contribution is 2.16. The highest BCUT2D eigenvalue weighted by atomic mass is 16.4. The van der Waals surface area contributed by atoms with Crippen molar-refractivity contribution in [3.05, 3.63) is 0 Å². The minimum atomic E-state index is -0.658. The van der Waals surface area contributed by atoms with E-state index in [0.29, 0.717) is 26.1 Å². The van der Waals surface area contributed by atoms with Gasteiger partial charge >= 0.3 is 11.9 Å². The zero-order valence-corrected chi connectivity index (χ0v) is 33.3. The van der Waals surface area contributed by atoms with E-state index in [0.717, 1.165) is 38.5 Å². The van der Waals surface area contributed by atoms with Crippen LogP contribution in [0.1, 0.15) is 257 Å². The van der Waals surface area contributed by atoms with E-state index in [4.69, 9.17) is 20.4 Å². The number of carboxylic acids is 2. The van der Waals surface area contributed by atoms with Gasteiger partial charge in [-0.15, -0.1) is 0 Å². The molecule has 0 unspecified atom stereocenters. The first kappa shape index (κ1) is 51.0. The first-order chi connectivity index (χ1) is 24.5. The third-order valence-electron chi connectivity index (χ3n) is 10.1. The second kappa shape index (κ2) is 47.9. The van der Waals surface area contributed by atoms with Gasteiger partial charge in [0.25, 0.3) is 0 Å². The van der Waals surface area contributed by atoms with Crippen molar-refractivity contribution in [1.29, 1.82) is 0 Å². The van der Waals surface area contributed by atoms with E-state index in [1.807, 2.05) is 0 Å². The Labute approximate surface area is 311 Å². The molecule has 300 valence electrons. The second-order valence-electron chi connectivity index (χ2n) is 15.2. The number of rotatable bonds is 42. The molecule has 0 rings (SSSR count). The fourth-order valence-electron chi connectivity index (χ4n) is 6.79. The van der Waals surface area contributed by atoms with E-state index in [2.05, 4.69) is 0 Å². The minimum absolute atomic E-state index is 0.338. The van der Waals surface area contributed by atoms with Gasteiger partial charge in [-0.3, -0.25) is 9.59 Å². The number of aliphatic hydroxyl groups excluding tert-OH is 2. The van der Waals surface area contributed by atoms with Gasteiger partial charge in [-0.1, -0.05) is 218 Å². The molecule has 6 nitrogen and oxygen atoms in total. The van der Waals surface area contributed by atoms with Gasteiger partial charge in [-0.2, -0.15) is 0 Å². The predicted molar refractivity (Wildman–Crippen MR) is 214 cm³/mol. The summed E-state index contributed by atoms with van der Waals surface area (Å²) in [5.41, 5.74) is 0. The second-order valence-corrected chi connectivity index (χ2v) is 15.2. The average molecular weight is 713 g/mol. The number of carboxylic acid groups (broad SMARTS) is 2. The number of aliphatic hydroxyl groups is 2. The van der Waals surface area contributed by atoms with Crippen LogP contribution in [-0.2, 0) is 9.59 Å². The van der Waals surface area contributed by atoms with Gasteiger partial charge in [0, 0.05) is 26.1 Å². The van der Waals surface area contributed by atoms with Gasteiger partial charge in [-0.05, 0) is 25.7 Å². The van der Waals surface area contributed by atoms with Crippen molar-refractivity contribution < 1.29 is 30.0 Å². The fourth-order valence-corrected chi connectivity index (χ4v) is 6.79. The Hall–Kier alpha value is -1.14. The summed E-state index contributed by atoms with van der Waals surface area (Å²) in [6, 6.07) is 0.